The van der Waals surface area contributed by atoms with Gasteiger partial charge in [0.2, 0.25) is 0 Å². The van der Waals surface area contributed by atoms with Crippen LogP contribution in [0, 0.1) is 6.92 Å². The van der Waals surface area contributed by atoms with Crippen LogP contribution in [0.3, 0.4) is 0 Å². The number of carboxylic acids is 1. The number of hydrogen-bond donors (Lipinski definition) is 1. The topological polar surface area (TPSA) is 87.6 Å². The largest absolute Gasteiger partial charge is 0.477 e. The zero-order valence-electron chi connectivity index (χ0n) is 11.5. The number of aromatic nitrogens is 1. The third-order valence-corrected chi connectivity index (χ3v) is 6.17. The van der Waals surface area contributed by atoms with Crippen LogP contribution >= 0.6 is 11.3 Å². The highest BCUT2D eigenvalue weighted by Gasteiger charge is 2.25. The SMILES string of the molecule is CCN(c1ccnc(C(=O)O)c1)S(=O)(=O)c1ccc(C)s1. The predicted molar refractivity (Wildman–Crippen MR) is 80.5 cm³/mol. The van der Waals surface area contributed by atoms with Crippen LogP contribution in [0.15, 0.2) is 34.7 Å². The summed E-state index contributed by atoms with van der Waals surface area (Å²) < 4.78 is 26.7. The molecule has 2 aromatic rings. The highest BCUT2D eigenvalue weighted by atomic mass is 32.2. The van der Waals surface area contributed by atoms with Gasteiger partial charge in [-0.2, -0.15) is 0 Å². The number of rotatable bonds is 5. The second kappa shape index (κ2) is 5.82. The second-order valence-corrected chi connectivity index (χ2v) is 7.62. The van der Waals surface area contributed by atoms with E-state index >= 15 is 0 Å². The van der Waals surface area contributed by atoms with E-state index in [-0.39, 0.29) is 22.1 Å². The van der Waals surface area contributed by atoms with Gasteiger partial charge in [-0.25, -0.2) is 18.2 Å². The summed E-state index contributed by atoms with van der Waals surface area (Å²) in [6.45, 7) is 3.72. The zero-order valence-corrected chi connectivity index (χ0v) is 13.1. The predicted octanol–water partition coefficient (Wildman–Crippen LogP) is 2.36. The Morgan fingerprint density at radius 1 is 1.38 bits per heavy atom. The van der Waals surface area contributed by atoms with Crippen LogP contribution in [0.1, 0.15) is 22.3 Å². The van der Waals surface area contributed by atoms with Crippen molar-refractivity contribution in [2.75, 3.05) is 10.8 Å². The fourth-order valence-electron chi connectivity index (χ4n) is 1.84. The van der Waals surface area contributed by atoms with E-state index in [0.29, 0.717) is 0 Å². The first-order chi connectivity index (χ1) is 9.86. The average Bonchev–Trinajstić information content (AvgIpc) is 2.87. The molecule has 0 atom stereocenters. The van der Waals surface area contributed by atoms with E-state index in [1.165, 1.54) is 34.0 Å². The molecule has 112 valence electrons. The summed E-state index contributed by atoms with van der Waals surface area (Å²) in [5.41, 5.74) is 0.0967. The molecule has 1 N–H and O–H groups in total. The third-order valence-electron chi connectivity index (χ3n) is 2.80. The smallest absolute Gasteiger partial charge is 0.354 e. The lowest BCUT2D eigenvalue weighted by atomic mass is 10.3. The molecule has 0 saturated heterocycles. The Balaban J connectivity index is 2.49. The third kappa shape index (κ3) is 3.06. The Morgan fingerprint density at radius 2 is 2.10 bits per heavy atom. The fourth-order valence-corrected chi connectivity index (χ4v) is 4.71. The molecular formula is C13H14N2O4S2. The normalized spacial score (nSPS) is 11.3. The van der Waals surface area contributed by atoms with Gasteiger partial charge in [0.25, 0.3) is 10.0 Å². The summed E-state index contributed by atoms with van der Waals surface area (Å²) in [6.07, 6.45) is 1.29. The first-order valence-corrected chi connectivity index (χ1v) is 8.40. The van der Waals surface area contributed by atoms with Crippen LogP contribution in [0.2, 0.25) is 0 Å². The van der Waals surface area contributed by atoms with Crippen LogP contribution in [-0.4, -0.2) is 31.0 Å². The Hall–Kier alpha value is -1.93. The van der Waals surface area contributed by atoms with Gasteiger partial charge >= 0.3 is 5.97 Å². The van der Waals surface area contributed by atoms with Gasteiger partial charge in [-0.05, 0) is 38.1 Å². The van der Waals surface area contributed by atoms with Gasteiger partial charge in [-0.3, -0.25) is 4.31 Å². The number of pyridine rings is 1. The van der Waals surface area contributed by atoms with E-state index in [4.69, 9.17) is 5.11 Å². The summed E-state index contributed by atoms with van der Waals surface area (Å²) in [4.78, 5) is 15.5. The van der Waals surface area contributed by atoms with Crippen LogP contribution in [-0.2, 0) is 10.0 Å². The quantitative estimate of drug-likeness (QED) is 0.911. The number of nitrogens with zero attached hydrogens (tertiary/aromatic N) is 2. The second-order valence-electron chi connectivity index (χ2n) is 4.24. The number of aryl methyl sites for hydroxylation is 1. The molecule has 8 heteroatoms. The summed E-state index contributed by atoms with van der Waals surface area (Å²) in [7, 11) is -3.69. The minimum Gasteiger partial charge on any atom is -0.477 e. The lowest BCUT2D eigenvalue weighted by Gasteiger charge is -2.22. The van der Waals surface area contributed by atoms with E-state index in [1.807, 2.05) is 6.92 Å². The Labute approximate surface area is 126 Å². The molecule has 0 aliphatic carbocycles. The Kier molecular flexibility index (Phi) is 4.29. The van der Waals surface area contributed by atoms with Gasteiger partial charge in [0, 0.05) is 17.6 Å². The summed E-state index contributed by atoms with van der Waals surface area (Å²) >= 11 is 1.18. The van der Waals surface area contributed by atoms with Gasteiger partial charge < -0.3 is 5.11 Å². The van der Waals surface area contributed by atoms with Crippen molar-refractivity contribution in [3.63, 3.8) is 0 Å². The molecule has 0 amide bonds. The summed E-state index contributed by atoms with van der Waals surface area (Å²) in [6, 6.07) is 6.02. The monoisotopic (exact) mass is 326 g/mol. The van der Waals surface area contributed by atoms with E-state index in [1.54, 1.807) is 19.1 Å². The fraction of sp³-hybridized carbons (Fsp3) is 0.231. The van der Waals surface area contributed by atoms with Crippen molar-refractivity contribution >= 4 is 33.0 Å². The van der Waals surface area contributed by atoms with Gasteiger partial charge in [0.1, 0.15) is 9.90 Å². The highest BCUT2D eigenvalue weighted by Crippen LogP contribution is 2.28. The maximum Gasteiger partial charge on any atom is 0.354 e. The summed E-state index contributed by atoms with van der Waals surface area (Å²) in [5, 5.41) is 8.96. The van der Waals surface area contributed by atoms with Crippen molar-refractivity contribution in [3.8, 4) is 0 Å². The molecule has 21 heavy (non-hydrogen) atoms. The van der Waals surface area contributed by atoms with Gasteiger partial charge in [-0.1, -0.05) is 0 Å². The number of anilines is 1. The van der Waals surface area contributed by atoms with E-state index in [0.717, 1.165) is 4.88 Å². The standard InChI is InChI=1S/C13H14N2O4S2/c1-3-15(10-6-7-14-11(8-10)13(16)17)21(18,19)12-5-4-9(2)20-12/h4-8H,3H2,1-2H3,(H,16,17). The molecule has 0 spiro atoms. The molecular weight excluding hydrogens is 312 g/mol. The highest BCUT2D eigenvalue weighted by molar-refractivity contribution is 7.94. The van der Waals surface area contributed by atoms with E-state index in [9.17, 15) is 13.2 Å². The zero-order chi connectivity index (χ0) is 15.6. The molecule has 0 fully saturated rings. The number of aromatic carboxylic acids is 1. The number of thiophene rings is 1. The molecule has 0 radical (unpaired) electrons. The van der Waals surface area contributed by atoms with Crippen molar-refractivity contribution in [3.05, 3.63) is 41.0 Å². The molecule has 0 saturated carbocycles. The van der Waals surface area contributed by atoms with Crippen LogP contribution in [0.25, 0.3) is 0 Å². The first kappa shape index (κ1) is 15.5. The minimum absolute atomic E-state index is 0.191. The molecule has 0 unspecified atom stereocenters. The van der Waals surface area contributed by atoms with Crippen molar-refractivity contribution in [2.24, 2.45) is 0 Å². The molecule has 0 aliphatic rings. The number of sulfonamides is 1. The lowest BCUT2D eigenvalue weighted by Crippen LogP contribution is -2.30. The molecule has 2 heterocycles. The van der Waals surface area contributed by atoms with Crippen molar-refractivity contribution in [1.82, 2.24) is 4.98 Å². The molecule has 0 bridgehead atoms. The maximum absolute atomic E-state index is 12.6. The van der Waals surface area contributed by atoms with Crippen LogP contribution in [0.4, 0.5) is 5.69 Å². The van der Waals surface area contributed by atoms with Crippen LogP contribution < -0.4 is 4.31 Å². The number of hydrogen-bond acceptors (Lipinski definition) is 5. The lowest BCUT2D eigenvalue weighted by molar-refractivity contribution is 0.0690. The molecule has 0 aliphatic heterocycles. The summed E-state index contributed by atoms with van der Waals surface area (Å²) in [5.74, 6) is -1.20. The van der Waals surface area contributed by atoms with Crippen molar-refractivity contribution < 1.29 is 18.3 Å². The number of carbonyl (C=O) groups is 1. The Bertz CT molecular complexity index is 768. The van der Waals surface area contributed by atoms with Gasteiger partial charge in [0.15, 0.2) is 0 Å². The molecule has 2 aromatic heterocycles. The van der Waals surface area contributed by atoms with E-state index in [2.05, 4.69) is 4.98 Å². The maximum atomic E-state index is 12.6. The van der Waals surface area contributed by atoms with Crippen molar-refractivity contribution in [2.45, 2.75) is 18.1 Å². The van der Waals surface area contributed by atoms with Gasteiger partial charge in [0.05, 0.1) is 5.69 Å². The van der Waals surface area contributed by atoms with E-state index < -0.39 is 16.0 Å². The molecule has 6 nitrogen and oxygen atoms in total. The molecule has 0 aromatic carbocycles. The average molecular weight is 326 g/mol. The minimum atomic E-state index is -3.69. The van der Waals surface area contributed by atoms with Gasteiger partial charge in [-0.15, -0.1) is 11.3 Å². The first-order valence-electron chi connectivity index (χ1n) is 6.14. The Morgan fingerprint density at radius 3 is 2.62 bits per heavy atom. The molecule has 2 rings (SSSR count). The van der Waals surface area contributed by atoms with Crippen LogP contribution in [0.5, 0.6) is 0 Å². The van der Waals surface area contributed by atoms with Crippen molar-refractivity contribution in [1.29, 1.82) is 0 Å². The number of carboxylic acid groups (broad SMARTS) is 1.